The average Bonchev–Trinajstić information content (AvgIpc) is 3.41. The minimum Gasteiger partial charge on any atom is -0.351 e. The molecule has 2 aromatic heterocycles. The Morgan fingerprint density at radius 1 is 0.938 bits per heavy atom. The summed E-state index contributed by atoms with van der Waals surface area (Å²) in [5.41, 5.74) is 5.05. The summed E-state index contributed by atoms with van der Waals surface area (Å²) in [4.78, 5) is 6.77. The third-order valence-corrected chi connectivity index (χ3v) is 6.70. The number of aryl methyl sites for hydroxylation is 1. The van der Waals surface area contributed by atoms with Gasteiger partial charge in [-0.15, -0.1) is 0 Å². The summed E-state index contributed by atoms with van der Waals surface area (Å²) >= 11 is 18.2. The van der Waals surface area contributed by atoms with Crippen LogP contribution in [-0.4, -0.2) is 14.7 Å². The standard InChI is InChI=1S/C25H20Cl2N4S/c1-16-15-19(11-12-20(16)27)30-14-4-6-22(30)24-23(21-5-2-3-13-28-21)29-25(32)31(24)18-9-7-17(26)8-10-18/h2-15,23-24H,1H3,(H,29,32)/t23-,24-/m1/s1. The lowest BCUT2D eigenvalue weighted by Gasteiger charge is -2.29. The molecule has 1 aliphatic rings. The van der Waals surface area contributed by atoms with Gasteiger partial charge in [-0.25, -0.2) is 0 Å². The summed E-state index contributed by atoms with van der Waals surface area (Å²) in [6.45, 7) is 2.01. The molecule has 1 saturated heterocycles. The highest BCUT2D eigenvalue weighted by atomic mass is 35.5. The van der Waals surface area contributed by atoms with E-state index in [0.717, 1.165) is 33.3 Å². The van der Waals surface area contributed by atoms with Gasteiger partial charge in [-0.2, -0.15) is 0 Å². The topological polar surface area (TPSA) is 33.1 Å². The van der Waals surface area contributed by atoms with Crippen LogP contribution in [-0.2, 0) is 0 Å². The van der Waals surface area contributed by atoms with Gasteiger partial charge in [0.2, 0.25) is 0 Å². The second-order valence-electron chi connectivity index (χ2n) is 7.71. The molecule has 2 aromatic carbocycles. The first kappa shape index (κ1) is 21.0. The molecule has 160 valence electrons. The summed E-state index contributed by atoms with van der Waals surface area (Å²) in [6.07, 6.45) is 3.87. The fourth-order valence-electron chi connectivity index (χ4n) is 4.18. The number of hydrogen-bond donors (Lipinski definition) is 1. The van der Waals surface area contributed by atoms with Crippen LogP contribution in [0.3, 0.4) is 0 Å². The molecule has 0 radical (unpaired) electrons. The van der Waals surface area contributed by atoms with E-state index in [1.54, 1.807) is 0 Å². The number of thiocarbonyl (C=S) groups is 1. The summed E-state index contributed by atoms with van der Waals surface area (Å²) in [7, 11) is 0. The molecule has 0 spiro atoms. The van der Waals surface area contributed by atoms with E-state index < -0.39 is 0 Å². The monoisotopic (exact) mass is 478 g/mol. The van der Waals surface area contributed by atoms with Gasteiger partial charge in [0.1, 0.15) is 6.04 Å². The highest BCUT2D eigenvalue weighted by Crippen LogP contribution is 2.42. The number of aromatic nitrogens is 2. The molecule has 2 atom stereocenters. The molecule has 32 heavy (non-hydrogen) atoms. The molecule has 5 rings (SSSR count). The molecular formula is C25H20Cl2N4S. The maximum Gasteiger partial charge on any atom is 0.174 e. The number of pyridine rings is 1. The van der Waals surface area contributed by atoms with Crippen LogP contribution in [0.15, 0.2) is 85.2 Å². The summed E-state index contributed by atoms with van der Waals surface area (Å²) < 4.78 is 2.18. The van der Waals surface area contributed by atoms with Crippen LogP contribution in [0.4, 0.5) is 5.69 Å². The Balaban J connectivity index is 1.67. The van der Waals surface area contributed by atoms with Gasteiger partial charge >= 0.3 is 0 Å². The Hall–Kier alpha value is -2.86. The van der Waals surface area contributed by atoms with Crippen LogP contribution >= 0.6 is 35.4 Å². The zero-order valence-corrected chi connectivity index (χ0v) is 19.6. The first-order valence-electron chi connectivity index (χ1n) is 10.2. The van der Waals surface area contributed by atoms with E-state index in [1.165, 1.54) is 0 Å². The molecule has 4 aromatic rings. The van der Waals surface area contributed by atoms with Crippen LogP contribution in [0.5, 0.6) is 0 Å². The minimum atomic E-state index is -0.124. The molecule has 0 saturated carbocycles. The molecule has 1 fully saturated rings. The number of benzene rings is 2. The van der Waals surface area contributed by atoms with Gasteiger partial charge in [0.25, 0.3) is 0 Å². The number of rotatable bonds is 4. The van der Waals surface area contributed by atoms with Gasteiger partial charge in [-0.1, -0.05) is 29.3 Å². The predicted molar refractivity (Wildman–Crippen MR) is 135 cm³/mol. The molecule has 0 unspecified atom stereocenters. The maximum atomic E-state index is 6.28. The first-order valence-corrected chi connectivity index (χ1v) is 11.4. The zero-order valence-electron chi connectivity index (χ0n) is 17.2. The zero-order chi connectivity index (χ0) is 22.2. The van der Waals surface area contributed by atoms with Gasteiger partial charge in [0.05, 0.1) is 11.7 Å². The van der Waals surface area contributed by atoms with E-state index >= 15 is 0 Å². The van der Waals surface area contributed by atoms with Gasteiger partial charge in [0, 0.05) is 39.5 Å². The van der Waals surface area contributed by atoms with Crippen LogP contribution < -0.4 is 10.2 Å². The SMILES string of the molecule is Cc1cc(-n2cccc2[C@@H]2[C@@H](c3ccccn3)NC(=S)N2c2ccc(Cl)cc2)ccc1Cl. The summed E-state index contributed by atoms with van der Waals surface area (Å²) in [5.74, 6) is 0. The third kappa shape index (κ3) is 3.77. The van der Waals surface area contributed by atoms with Crippen molar-refractivity contribution < 1.29 is 0 Å². The van der Waals surface area contributed by atoms with Crippen LogP contribution in [0.2, 0.25) is 10.0 Å². The van der Waals surface area contributed by atoms with E-state index in [-0.39, 0.29) is 12.1 Å². The van der Waals surface area contributed by atoms with Crippen molar-refractivity contribution in [2.75, 3.05) is 4.90 Å². The van der Waals surface area contributed by atoms with Gasteiger partial charge in [-0.05, 0) is 91.4 Å². The number of nitrogens with one attached hydrogen (secondary N) is 1. The lowest BCUT2D eigenvalue weighted by atomic mass is 10.0. The maximum absolute atomic E-state index is 6.28. The van der Waals surface area contributed by atoms with E-state index in [9.17, 15) is 0 Å². The number of nitrogens with zero attached hydrogens (tertiary/aromatic N) is 3. The lowest BCUT2D eigenvalue weighted by molar-refractivity contribution is 0.549. The minimum absolute atomic E-state index is 0.121. The second kappa shape index (κ2) is 8.58. The van der Waals surface area contributed by atoms with Crippen LogP contribution in [0, 0.1) is 6.92 Å². The predicted octanol–water partition coefficient (Wildman–Crippen LogP) is 6.66. The fraction of sp³-hybridized carbons (Fsp3) is 0.120. The van der Waals surface area contributed by atoms with Crippen molar-refractivity contribution in [3.8, 4) is 5.69 Å². The van der Waals surface area contributed by atoms with Crippen molar-refractivity contribution in [1.29, 1.82) is 0 Å². The van der Waals surface area contributed by atoms with E-state index in [4.69, 9.17) is 35.4 Å². The molecule has 3 heterocycles. The van der Waals surface area contributed by atoms with Crippen LogP contribution in [0.25, 0.3) is 5.69 Å². The van der Waals surface area contributed by atoms with E-state index in [2.05, 4.69) is 44.2 Å². The summed E-state index contributed by atoms with van der Waals surface area (Å²) in [5, 5.41) is 5.58. The Bertz CT molecular complexity index is 1270. The normalized spacial score (nSPS) is 18.1. The van der Waals surface area contributed by atoms with E-state index in [0.29, 0.717) is 10.1 Å². The van der Waals surface area contributed by atoms with Gasteiger partial charge < -0.3 is 14.8 Å². The lowest BCUT2D eigenvalue weighted by Crippen LogP contribution is -2.30. The van der Waals surface area contributed by atoms with Crippen molar-refractivity contribution in [2.24, 2.45) is 0 Å². The molecule has 0 amide bonds. The van der Waals surface area contributed by atoms with Crippen LogP contribution in [0.1, 0.15) is 29.0 Å². The third-order valence-electron chi connectivity index (χ3n) is 5.71. The quantitative estimate of drug-likeness (QED) is 0.332. The number of halogens is 2. The Morgan fingerprint density at radius 2 is 1.72 bits per heavy atom. The van der Waals surface area contributed by atoms with E-state index in [1.807, 2.05) is 67.7 Å². The molecule has 4 nitrogen and oxygen atoms in total. The second-order valence-corrected chi connectivity index (χ2v) is 8.94. The molecule has 0 aliphatic carbocycles. The van der Waals surface area contributed by atoms with Crippen molar-refractivity contribution >= 4 is 46.2 Å². The highest BCUT2D eigenvalue weighted by Gasteiger charge is 2.42. The number of anilines is 1. The molecule has 0 bridgehead atoms. The largest absolute Gasteiger partial charge is 0.351 e. The van der Waals surface area contributed by atoms with Crippen molar-refractivity contribution in [3.05, 3.63) is 112 Å². The number of hydrogen-bond acceptors (Lipinski definition) is 2. The van der Waals surface area contributed by atoms with Gasteiger partial charge in [-0.3, -0.25) is 4.98 Å². The Kier molecular flexibility index (Phi) is 5.64. The first-order chi connectivity index (χ1) is 15.5. The molecule has 7 heteroatoms. The Labute approximate surface area is 202 Å². The Morgan fingerprint density at radius 3 is 2.44 bits per heavy atom. The average molecular weight is 479 g/mol. The fourth-order valence-corrected chi connectivity index (χ4v) is 4.77. The van der Waals surface area contributed by atoms with Gasteiger partial charge in [0.15, 0.2) is 5.11 Å². The molecule has 1 aliphatic heterocycles. The van der Waals surface area contributed by atoms with Crippen molar-refractivity contribution in [1.82, 2.24) is 14.9 Å². The van der Waals surface area contributed by atoms with Crippen molar-refractivity contribution in [3.63, 3.8) is 0 Å². The molecular weight excluding hydrogens is 459 g/mol. The molecule has 1 N–H and O–H groups in total. The smallest absolute Gasteiger partial charge is 0.174 e. The highest BCUT2D eigenvalue weighted by molar-refractivity contribution is 7.80. The van der Waals surface area contributed by atoms with Crippen molar-refractivity contribution in [2.45, 2.75) is 19.0 Å². The summed E-state index contributed by atoms with van der Waals surface area (Å²) in [6, 6.07) is 23.7.